The molecule has 0 radical (unpaired) electrons. The Balaban J connectivity index is 6.05. The normalized spacial score (nSPS) is 13.7. The monoisotopic (exact) mass is 352 g/mol. The van der Waals surface area contributed by atoms with Crippen LogP contribution in [0.5, 0.6) is 0 Å². The Kier molecular flexibility index (Phi) is 8.19. The molecular weight excluding hydrogens is 317 g/mol. The standard InChI is InChI=1S/C5H11N.3C3H8N.Nb/c1-4-5(2,3)6;3*1-3-4-2;/h4H2,1-3H3;3*3H2,1-2H3;/q;3*-1;+3. The zero-order valence-corrected chi connectivity index (χ0v) is 16.8. The molecule has 0 aromatic rings. The molecule has 0 rings (SSSR count). The molecule has 0 amide bonds. The van der Waals surface area contributed by atoms with E-state index in [0.29, 0.717) is 0 Å². The molecule has 0 heterocycles. The summed E-state index contributed by atoms with van der Waals surface area (Å²) in [5.41, 5.74) is 0.0574. The predicted molar refractivity (Wildman–Crippen MR) is 81.7 cm³/mol. The average Bonchev–Trinajstić information content (AvgIpc) is 2.41. The van der Waals surface area contributed by atoms with E-state index in [2.05, 4.69) is 72.6 Å². The van der Waals surface area contributed by atoms with Crippen molar-refractivity contribution in [2.45, 2.75) is 53.5 Å². The topological polar surface area (TPSA) is 22.1 Å². The van der Waals surface area contributed by atoms with Gasteiger partial charge in [-0.1, -0.05) is 0 Å². The first-order chi connectivity index (χ1) is 8.71. The molecule has 0 fully saturated rings. The van der Waals surface area contributed by atoms with Crippen molar-refractivity contribution < 1.29 is 17.7 Å². The van der Waals surface area contributed by atoms with Gasteiger partial charge in [0.1, 0.15) is 0 Å². The summed E-state index contributed by atoms with van der Waals surface area (Å²) in [6.07, 6.45) is 1.09. The van der Waals surface area contributed by atoms with Gasteiger partial charge in [0.2, 0.25) is 0 Å². The fraction of sp³-hybridized carbons (Fsp3) is 1.00. The van der Waals surface area contributed by atoms with Crippen LogP contribution in [0.3, 0.4) is 0 Å². The van der Waals surface area contributed by atoms with E-state index in [4.69, 9.17) is 3.34 Å². The Morgan fingerprint density at radius 1 is 0.789 bits per heavy atom. The minimum absolute atomic E-state index is 0.0574. The van der Waals surface area contributed by atoms with Gasteiger partial charge in [-0.2, -0.15) is 0 Å². The van der Waals surface area contributed by atoms with Crippen LogP contribution in [0.1, 0.15) is 48.0 Å². The van der Waals surface area contributed by atoms with Crippen LogP contribution >= 0.6 is 0 Å². The molecule has 0 saturated heterocycles. The second-order valence-corrected chi connectivity index (χ2v) is 13.9. The van der Waals surface area contributed by atoms with E-state index in [9.17, 15) is 0 Å². The molecule has 5 heteroatoms. The third kappa shape index (κ3) is 4.45. The molecule has 0 aromatic carbocycles. The van der Waals surface area contributed by atoms with Crippen LogP contribution in [-0.4, -0.2) is 56.2 Å². The summed E-state index contributed by atoms with van der Waals surface area (Å²) in [5.74, 6) is 0. The van der Waals surface area contributed by atoms with E-state index in [0.717, 1.165) is 26.1 Å². The Morgan fingerprint density at radius 2 is 1.11 bits per heavy atom. The SMILES string of the molecule is CC[N](C)[Nb](=[N]C(C)(C)CC)([N](C)CC)[N](C)CC. The van der Waals surface area contributed by atoms with Crippen molar-refractivity contribution in [3.05, 3.63) is 0 Å². The van der Waals surface area contributed by atoms with Crippen LogP contribution in [0.4, 0.5) is 0 Å². The van der Waals surface area contributed by atoms with Crippen LogP contribution < -0.4 is 0 Å². The Hall–Kier alpha value is 0.420. The number of nitrogens with zero attached hydrogens (tertiary/aromatic N) is 4. The quantitative estimate of drug-likeness (QED) is 0.627. The van der Waals surface area contributed by atoms with Crippen LogP contribution in [-0.2, 0) is 17.7 Å². The van der Waals surface area contributed by atoms with Gasteiger partial charge in [-0.15, -0.1) is 0 Å². The van der Waals surface area contributed by atoms with Crippen molar-refractivity contribution in [2.75, 3.05) is 40.8 Å². The van der Waals surface area contributed by atoms with Gasteiger partial charge in [-0.25, -0.2) is 0 Å². The average molecular weight is 352 g/mol. The fourth-order valence-electron chi connectivity index (χ4n) is 2.01. The van der Waals surface area contributed by atoms with Gasteiger partial charge in [0.25, 0.3) is 0 Å². The minimum atomic E-state index is -2.92. The van der Waals surface area contributed by atoms with Gasteiger partial charge in [-0.3, -0.25) is 0 Å². The summed E-state index contributed by atoms with van der Waals surface area (Å²) in [6.45, 7) is 16.7. The van der Waals surface area contributed by atoms with Crippen molar-refractivity contribution in [1.82, 2.24) is 9.91 Å². The van der Waals surface area contributed by atoms with Gasteiger partial charge < -0.3 is 0 Å². The van der Waals surface area contributed by atoms with E-state index in [-0.39, 0.29) is 5.54 Å². The Bertz CT molecular complexity index is 281. The summed E-state index contributed by atoms with van der Waals surface area (Å²) >= 11 is -2.92. The molecular formula is C14H35N4Nb. The van der Waals surface area contributed by atoms with Crippen LogP contribution in [0.25, 0.3) is 0 Å². The van der Waals surface area contributed by atoms with Crippen molar-refractivity contribution >= 4 is 0 Å². The molecule has 0 aromatic heterocycles. The second-order valence-electron chi connectivity index (χ2n) is 5.72. The Morgan fingerprint density at radius 3 is 1.32 bits per heavy atom. The van der Waals surface area contributed by atoms with Gasteiger partial charge in [0.05, 0.1) is 0 Å². The van der Waals surface area contributed by atoms with E-state index in [1.54, 1.807) is 0 Å². The van der Waals surface area contributed by atoms with Crippen molar-refractivity contribution in [3.8, 4) is 0 Å². The van der Waals surface area contributed by atoms with Gasteiger partial charge >= 0.3 is 125 Å². The molecule has 0 aliphatic rings. The number of rotatable bonds is 8. The van der Waals surface area contributed by atoms with E-state index < -0.39 is 17.7 Å². The van der Waals surface area contributed by atoms with Gasteiger partial charge in [0.15, 0.2) is 0 Å². The summed E-state index contributed by atoms with van der Waals surface area (Å²) in [5, 5.41) is 0. The number of hydrogen-bond acceptors (Lipinski definition) is 1. The zero-order valence-electron chi connectivity index (χ0n) is 14.6. The third-order valence-electron chi connectivity index (χ3n) is 4.02. The first-order valence-electron chi connectivity index (χ1n) is 7.50. The third-order valence-corrected chi connectivity index (χ3v) is 14.8. The van der Waals surface area contributed by atoms with E-state index in [1.165, 1.54) is 0 Å². The molecule has 0 aliphatic carbocycles. The molecule has 19 heavy (non-hydrogen) atoms. The molecule has 0 bridgehead atoms. The predicted octanol–water partition coefficient (Wildman–Crippen LogP) is 3.11. The van der Waals surface area contributed by atoms with Crippen LogP contribution in [0, 0.1) is 0 Å². The molecule has 0 N–H and O–H groups in total. The van der Waals surface area contributed by atoms with Crippen molar-refractivity contribution in [3.63, 3.8) is 0 Å². The summed E-state index contributed by atoms with van der Waals surface area (Å²) in [7, 11) is 6.75. The van der Waals surface area contributed by atoms with Crippen LogP contribution in [0.2, 0.25) is 0 Å². The maximum absolute atomic E-state index is 5.45. The summed E-state index contributed by atoms with van der Waals surface area (Å²) in [4.78, 5) is 0. The van der Waals surface area contributed by atoms with Crippen molar-refractivity contribution in [2.24, 2.45) is 3.34 Å². The molecule has 0 aliphatic heterocycles. The van der Waals surface area contributed by atoms with E-state index in [1.807, 2.05) is 0 Å². The summed E-state index contributed by atoms with van der Waals surface area (Å²) in [6, 6.07) is 0. The zero-order chi connectivity index (χ0) is 15.3. The molecule has 4 nitrogen and oxygen atoms in total. The van der Waals surface area contributed by atoms with Gasteiger partial charge in [0, 0.05) is 0 Å². The molecule has 0 saturated carbocycles. The van der Waals surface area contributed by atoms with Crippen LogP contribution in [0.15, 0.2) is 3.34 Å². The Labute approximate surface area is 125 Å². The number of hydrogen-bond donors (Lipinski definition) is 0. The molecule has 0 unspecified atom stereocenters. The summed E-state index contributed by atoms with van der Waals surface area (Å²) < 4.78 is 13.0. The molecule has 0 atom stereocenters. The molecule has 0 spiro atoms. The first kappa shape index (κ1) is 19.4. The molecule has 116 valence electrons. The first-order valence-corrected chi connectivity index (χ1v) is 11.4. The van der Waals surface area contributed by atoms with Crippen molar-refractivity contribution in [1.29, 1.82) is 0 Å². The maximum atomic E-state index is 5.45. The van der Waals surface area contributed by atoms with E-state index >= 15 is 0 Å². The van der Waals surface area contributed by atoms with Gasteiger partial charge in [-0.05, 0) is 0 Å². The fourth-order valence-corrected chi connectivity index (χ4v) is 11.9. The second kappa shape index (κ2) is 8.01.